The molecule has 1 aromatic rings. The lowest BCUT2D eigenvalue weighted by Crippen LogP contribution is -2.47. The average Bonchev–Trinajstić information content (AvgIpc) is 2.58. The first kappa shape index (κ1) is 22.9. The molecule has 1 amide bonds. The van der Waals surface area contributed by atoms with Crippen LogP contribution in [0.2, 0.25) is 0 Å². The summed E-state index contributed by atoms with van der Waals surface area (Å²) in [6.07, 6.45) is 5.69. The highest BCUT2D eigenvalue weighted by Crippen LogP contribution is 2.31. The molecular formula is C22H36N2O3S. The number of hydrogen-bond acceptors (Lipinski definition) is 3. The molecule has 158 valence electrons. The Morgan fingerprint density at radius 3 is 2.21 bits per heavy atom. The Balaban J connectivity index is 2.31. The van der Waals surface area contributed by atoms with Gasteiger partial charge in [0.2, 0.25) is 15.9 Å². The van der Waals surface area contributed by atoms with Crippen LogP contribution in [0.15, 0.2) is 17.0 Å². The smallest absolute Gasteiger partial charge is 0.244 e. The molecule has 0 atom stereocenters. The van der Waals surface area contributed by atoms with Gasteiger partial charge in [-0.2, -0.15) is 4.31 Å². The standard InChI is InChI=1S/C22H36N2O3S/c1-16(2)11-12-23-21(25)15-24(20-9-7-6-8-10-20)28(26,27)22-18(4)13-17(3)14-19(22)5/h13-14,16,20H,6-12,15H2,1-5H3,(H,23,25). The van der Waals surface area contributed by atoms with Gasteiger partial charge in [-0.25, -0.2) is 8.42 Å². The fourth-order valence-corrected chi connectivity index (χ4v) is 6.22. The highest BCUT2D eigenvalue weighted by Gasteiger charge is 2.35. The number of rotatable bonds is 8. The number of nitrogens with zero attached hydrogens (tertiary/aromatic N) is 1. The van der Waals surface area contributed by atoms with Gasteiger partial charge in [0.25, 0.3) is 0 Å². The summed E-state index contributed by atoms with van der Waals surface area (Å²) in [4.78, 5) is 12.9. The fraction of sp³-hybridized carbons (Fsp3) is 0.682. The quantitative estimate of drug-likeness (QED) is 0.704. The van der Waals surface area contributed by atoms with Crippen molar-refractivity contribution >= 4 is 15.9 Å². The molecule has 1 aromatic carbocycles. The molecule has 0 aliphatic heterocycles. The first-order valence-electron chi connectivity index (χ1n) is 10.5. The largest absolute Gasteiger partial charge is 0.355 e. The SMILES string of the molecule is Cc1cc(C)c(S(=O)(=O)N(CC(=O)NCCC(C)C)C2CCCCC2)c(C)c1. The van der Waals surface area contributed by atoms with E-state index in [9.17, 15) is 13.2 Å². The van der Waals surface area contributed by atoms with Gasteiger partial charge in [-0.15, -0.1) is 0 Å². The number of nitrogens with one attached hydrogen (secondary N) is 1. The molecule has 0 heterocycles. The van der Waals surface area contributed by atoms with E-state index in [0.717, 1.165) is 55.2 Å². The third kappa shape index (κ3) is 5.80. The first-order valence-corrected chi connectivity index (χ1v) is 11.9. The number of carbonyl (C=O) groups is 1. The Morgan fingerprint density at radius 1 is 1.11 bits per heavy atom. The summed E-state index contributed by atoms with van der Waals surface area (Å²) in [5.41, 5.74) is 2.54. The Morgan fingerprint density at radius 2 is 1.68 bits per heavy atom. The number of carbonyl (C=O) groups excluding carboxylic acids is 1. The molecule has 0 aromatic heterocycles. The van der Waals surface area contributed by atoms with E-state index in [2.05, 4.69) is 19.2 Å². The minimum absolute atomic E-state index is 0.0994. The molecule has 0 unspecified atom stereocenters. The van der Waals surface area contributed by atoms with Gasteiger partial charge in [0.05, 0.1) is 11.4 Å². The summed E-state index contributed by atoms with van der Waals surface area (Å²) in [5, 5.41) is 2.90. The molecule has 28 heavy (non-hydrogen) atoms. The molecule has 6 heteroatoms. The third-order valence-corrected chi connectivity index (χ3v) is 7.70. The van der Waals surface area contributed by atoms with Crippen molar-refractivity contribution in [2.75, 3.05) is 13.1 Å². The van der Waals surface area contributed by atoms with Crippen LogP contribution in [-0.4, -0.2) is 37.8 Å². The molecule has 5 nitrogen and oxygen atoms in total. The maximum absolute atomic E-state index is 13.6. The fourth-order valence-electron chi connectivity index (χ4n) is 4.17. The van der Waals surface area contributed by atoms with E-state index in [1.165, 1.54) is 4.31 Å². The lowest BCUT2D eigenvalue weighted by atomic mass is 9.95. The molecule has 2 rings (SSSR count). The Hall–Kier alpha value is -1.40. The van der Waals surface area contributed by atoms with Gasteiger partial charge in [0.1, 0.15) is 0 Å². The third-order valence-electron chi connectivity index (χ3n) is 5.50. The van der Waals surface area contributed by atoms with Crippen molar-refractivity contribution in [2.24, 2.45) is 5.92 Å². The van der Waals surface area contributed by atoms with E-state index >= 15 is 0 Å². The zero-order chi connectivity index (χ0) is 20.9. The Bertz CT molecular complexity index is 758. The van der Waals surface area contributed by atoms with Gasteiger partial charge in [-0.1, -0.05) is 50.8 Å². The summed E-state index contributed by atoms with van der Waals surface area (Å²) < 4.78 is 28.8. The van der Waals surface area contributed by atoms with Gasteiger partial charge >= 0.3 is 0 Å². The summed E-state index contributed by atoms with van der Waals surface area (Å²) >= 11 is 0. The van der Waals surface area contributed by atoms with Crippen molar-refractivity contribution in [1.29, 1.82) is 0 Å². The second-order valence-electron chi connectivity index (χ2n) is 8.60. The van der Waals surface area contributed by atoms with Gasteiger partial charge in [0.15, 0.2) is 0 Å². The van der Waals surface area contributed by atoms with E-state index in [1.807, 2.05) is 32.9 Å². The van der Waals surface area contributed by atoms with Crippen molar-refractivity contribution in [3.63, 3.8) is 0 Å². The van der Waals surface area contributed by atoms with E-state index < -0.39 is 10.0 Å². The van der Waals surface area contributed by atoms with Gasteiger partial charge < -0.3 is 5.32 Å². The van der Waals surface area contributed by atoms with Crippen LogP contribution in [0.4, 0.5) is 0 Å². The topological polar surface area (TPSA) is 66.5 Å². The number of amides is 1. The van der Waals surface area contributed by atoms with Crippen LogP contribution in [0, 0.1) is 26.7 Å². The first-order chi connectivity index (χ1) is 13.1. The van der Waals surface area contributed by atoms with Crippen LogP contribution in [0.1, 0.15) is 69.1 Å². The molecule has 0 saturated heterocycles. The molecule has 1 saturated carbocycles. The van der Waals surface area contributed by atoms with Crippen LogP contribution < -0.4 is 5.32 Å². The molecule has 0 spiro atoms. The summed E-state index contributed by atoms with van der Waals surface area (Å²) in [6.45, 7) is 10.3. The highest BCUT2D eigenvalue weighted by molar-refractivity contribution is 7.89. The van der Waals surface area contributed by atoms with Crippen molar-refractivity contribution < 1.29 is 13.2 Å². The Labute approximate surface area is 170 Å². The highest BCUT2D eigenvalue weighted by atomic mass is 32.2. The van der Waals surface area contributed by atoms with E-state index in [-0.39, 0.29) is 18.5 Å². The molecule has 1 aliphatic carbocycles. The number of aryl methyl sites for hydroxylation is 3. The van der Waals surface area contributed by atoms with E-state index in [1.54, 1.807) is 0 Å². The van der Waals surface area contributed by atoms with Crippen LogP contribution >= 0.6 is 0 Å². The number of hydrogen-bond donors (Lipinski definition) is 1. The van der Waals surface area contributed by atoms with Crippen molar-refractivity contribution in [3.8, 4) is 0 Å². The summed E-state index contributed by atoms with van der Waals surface area (Å²) in [7, 11) is -3.74. The van der Waals surface area contributed by atoms with Crippen LogP contribution in [0.5, 0.6) is 0 Å². The van der Waals surface area contributed by atoms with Crippen LogP contribution in [-0.2, 0) is 14.8 Å². The van der Waals surface area contributed by atoms with E-state index in [4.69, 9.17) is 0 Å². The summed E-state index contributed by atoms with van der Waals surface area (Å²) in [6, 6.07) is 3.71. The maximum Gasteiger partial charge on any atom is 0.244 e. The maximum atomic E-state index is 13.6. The lowest BCUT2D eigenvalue weighted by molar-refractivity contribution is -0.121. The monoisotopic (exact) mass is 408 g/mol. The molecule has 1 aliphatic rings. The predicted molar refractivity (Wildman–Crippen MR) is 114 cm³/mol. The second kappa shape index (κ2) is 9.88. The van der Waals surface area contributed by atoms with E-state index in [0.29, 0.717) is 17.4 Å². The van der Waals surface area contributed by atoms with Crippen LogP contribution in [0.3, 0.4) is 0 Å². The van der Waals surface area contributed by atoms with Gasteiger partial charge in [0, 0.05) is 12.6 Å². The number of sulfonamides is 1. The lowest BCUT2D eigenvalue weighted by Gasteiger charge is -2.33. The minimum atomic E-state index is -3.74. The predicted octanol–water partition coefficient (Wildman–Crippen LogP) is 4.10. The van der Waals surface area contributed by atoms with Crippen LogP contribution in [0.25, 0.3) is 0 Å². The van der Waals surface area contributed by atoms with Gasteiger partial charge in [-0.3, -0.25) is 4.79 Å². The van der Waals surface area contributed by atoms with Crippen molar-refractivity contribution in [1.82, 2.24) is 9.62 Å². The second-order valence-corrected chi connectivity index (χ2v) is 10.4. The van der Waals surface area contributed by atoms with Crippen molar-refractivity contribution in [3.05, 3.63) is 28.8 Å². The molecule has 0 radical (unpaired) electrons. The molecule has 1 N–H and O–H groups in total. The average molecular weight is 409 g/mol. The van der Waals surface area contributed by atoms with Crippen molar-refractivity contribution in [2.45, 2.75) is 84.1 Å². The number of benzene rings is 1. The van der Waals surface area contributed by atoms with Gasteiger partial charge in [-0.05, 0) is 57.1 Å². The zero-order valence-corrected chi connectivity index (χ0v) is 18.9. The summed E-state index contributed by atoms with van der Waals surface area (Å²) in [5.74, 6) is 0.286. The molecule has 0 bridgehead atoms. The molecule has 1 fully saturated rings. The Kier molecular flexibility index (Phi) is 8.07. The molecular weight excluding hydrogens is 372 g/mol. The zero-order valence-electron chi connectivity index (χ0n) is 18.0. The normalized spacial score (nSPS) is 16.0. The minimum Gasteiger partial charge on any atom is -0.355 e.